The van der Waals surface area contributed by atoms with Crippen molar-refractivity contribution in [1.82, 2.24) is 20.3 Å². The highest BCUT2D eigenvalue weighted by atomic mass is 16.5. The van der Waals surface area contributed by atoms with Crippen molar-refractivity contribution < 1.29 is 9.53 Å². The molecule has 148 valence electrons. The van der Waals surface area contributed by atoms with Gasteiger partial charge in [0.2, 0.25) is 0 Å². The van der Waals surface area contributed by atoms with Crippen LogP contribution in [0.4, 0.5) is 0 Å². The van der Waals surface area contributed by atoms with Crippen LogP contribution in [-0.2, 0) is 6.42 Å². The van der Waals surface area contributed by atoms with Crippen LogP contribution in [0.5, 0.6) is 5.75 Å². The number of ether oxygens (including phenoxy) is 1. The van der Waals surface area contributed by atoms with Crippen LogP contribution < -0.4 is 10.1 Å². The van der Waals surface area contributed by atoms with Crippen LogP contribution in [-0.4, -0.2) is 28.0 Å². The van der Waals surface area contributed by atoms with E-state index in [2.05, 4.69) is 29.1 Å². The second kappa shape index (κ2) is 7.62. The largest absolute Gasteiger partial charge is 0.496 e. The standard InChI is InChI=1S/C23H24N4O2/c1-23(2)12-18-17(14-25-21(26-18)15-8-10-24-11-9-15)19(13-23)27-22(28)16-6-4-5-7-20(16)29-3/h4-11,14,19H,12-13H2,1-3H3,(H,27,28). The van der Waals surface area contributed by atoms with Crippen molar-refractivity contribution in [1.29, 1.82) is 0 Å². The van der Waals surface area contributed by atoms with Gasteiger partial charge in [-0.2, -0.15) is 0 Å². The molecule has 0 bridgehead atoms. The van der Waals surface area contributed by atoms with Crippen molar-refractivity contribution in [3.8, 4) is 17.1 Å². The minimum Gasteiger partial charge on any atom is -0.496 e. The molecular weight excluding hydrogens is 364 g/mol. The van der Waals surface area contributed by atoms with Crippen LogP contribution in [0.1, 0.15) is 47.9 Å². The van der Waals surface area contributed by atoms with E-state index in [9.17, 15) is 4.79 Å². The Morgan fingerprint density at radius 1 is 1.17 bits per heavy atom. The number of fused-ring (bicyclic) bond motifs is 1. The first-order valence-corrected chi connectivity index (χ1v) is 9.67. The Hall–Kier alpha value is -3.28. The monoisotopic (exact) mass is 388 g/mol. The molecule has 1 aliphatic rings. The molecule has 1 atom stereocenters. The first-order chi connectivity index (χ1) is 14.0. The van der Waals surface area contributed by atoms with Gasteiger partial charge in [-0.25, -0.2) is 9.97 Å². The quantitative estimate of drug-likeness (QED) is 0.731. The lowest BCUT2D eigenvalue weighted by Gasteiger charge is -2.36. The summed E-state index contributed by atoms with van der Waals surface area (Å²) in [5, 5.41) is 3.17. The first kappa shape index (κ1) is 19.1. The lowest BCUT2D eigenvalue weighted by molar-refractivity contribution is 0.0916. The van der Waals surface area contributed by atoms with Gasteiger partial charge < -0.3 is 10.1 Å². The zero-order chi connectivity index (χ0) is 20.4. The number of para-hydroxylation sites is 1. The molecule has 0 saturated carbocycles. The van der Waals surface area contributed by atoms with Gasteiger partial charge in [0.25, 0.3) is 5.91 Å². The summed E-state index contributed by atoms with van der Waals surface area (Å²) < 4.78 is 5.34. The lowest BCUT2D eigenvalue weighted by atomic mass is 9.74. The second-order valence-electron chi connectivity index (χ2n) is 8.10. The number of rotatable bonds is 4. The third-order valence-electron chi connectivity index (χ3n) is 5.27. The molecule has 6 heteroatoms. The topological polar surface area (TPSA) is 77.0 Å². The summed E-state index contributed by atoms with van der Waals surface area (Å²) in [4.78, 5) is 26.4. The fourth-order valence-corrected chi connectivity index (χ4v) is 3.88. The van der Waals surface area contributed by atoms with Crippen LogP contribution in [0.25, 0.3) is 11.4 Å². The Labute approximate surface area is 170 Å². The number of methoxy groups -OCH3 is 1. The predicted octanol–water partition coefficient (Wildman–Crippen LogP) is 3.99. The lowest BCUT2D eigenvalue weighted by Crippen LogP contribution is -2.37. The van der Waals surface area contributed by atoms with Gasteiger partial charge in [-0.1, -0.05) is 26.0 Å². The Kier molecular flexibility index (Phi) is 5.01. The van der Waals surface area contributed by atoms with E-state index in [1.807, 2.05) is 30.5 Å². The minimum atomic E-state index is -0.158. The van der Waals surface area contributed by atoms with Crippen LogP contribution in [0.15, 0.2) is 55.0 Å². The molecule has 0 radical (unpaired) electrons. The number of aromatic nitrogens is 3. The number of nitrogens with zero attached hydrogens (tertiary/aromatic N) is 3. The number of carbonyl (C=O) groups is 1. The maximum absolute atomic E-state index is 13.0. The van der Waals surface area contributed by atoms with Gasteiger partial charge in [-0.3, -0.25) is 9.78 Å². The summed E-state index contributed by atoms with van der Waals surface area (Å²) in [6.07, 6.45) is 6.97. The summed E-state index contributed by atoms with van der Waals surface area (Å²) >= 11 is 0. The van der Waals surface area contributed by atoms with Crippen LogP contribution in [0.2, 0.25) is 0 Å². The van der Waals surface area contributed by atoms with E-state index in [4.69, 9.17) is 9.72 Å². The van der Waals surface area contributed by atoms with Crippen molar-refractivity contribution >= 4 is 5.91 Å². The number of amides is 1. The molecule has 3 aromatic rings. The Balaban J connectivity index is 1.66. The number of nitrogens with one attached hydrogen (secondary N) is 1. The number of benzene rings is 1. The highest BCUT2D eigenvalue weighted by Crippen LogP contribution is 2.40. The van der Waals surface area contributed by atoms with E-state index in [0.717, 1.165) is 29.7 Å². The fourth-order valence-electron chi connectivity index (χ4n) is 3.88. The van der Waals surface area contributed by atoms with Crippen LogP contribution in [0.3, 0.4) is 0 Å². The average Bonchev–Trinajstić information content (AvgIpc) is 2.73. The van der Waals surface area contributed by atoms with E-state index < -0.39 is 0 Å². The zero-order valence-electron chi connectivity index (χ0n) is 16.8. The van der Waals surface area contributed by atoms with Crippen molar-refractivity contribution in [3.05, 3.63) is 71.8 Å². The molecule has 2 heterocycles. The number of hydrogen-bond donors (Lipinski definition) is 1. The van der Waals surface area contributed by atoms with Crippen molar-refractivity contribution in [3.63, 3.8) is 0 Å². The van der Waals surface area contributed by atoms with E-state index in [0.29, 0.717) is 17.1 Å². The van der Waals surface area contributed by atoms with Gasteiger partial charge in [0.05, 0.1) is 24.4 Å². The third kappa shape index (κ3) is 3.97. The smallest absolute Gasteiger partial charge is 0.255 e. The molecule has 0 spiro atoms. The van der Waals surface area contributed by atoms with Gasteiger partial charge in [-0.05, 0) is 42.5 Å². The third-order valence-corrected chi connectivity index (χ3v) is 5.27. The molecule has 0 saturated heterocycles. The minimum absolute atomic E-state index is 0.00951. The number of pyridine rings is 1. The maximum Gasteiger partial charge on any atom is 0.255 e. The summed E-state index contributed by atoms with van der Waals surface area (Å²) in [6, 6.07) is 10.9. The first-order valence-electron chi connectivity index (χ1n) is 9.67. The summed E-state index contributed by atoms with van der Waals surface area (Å²) in [7, 11) is 1.57. The molecule has 0 aliphatic heterocycles. The Morgan fingerprint density at radius 3 is 2.69 bits per heavy atom. The SMILES string of the molecule is COc1ccccc1C(=O)NC1CC(C)(C)Cc2nc(-c3ccncc3)ncc21. The zero-order valence-corrected chi connectivity index (χ0v) is 16.8. The Morgan fingerprint density at radius 2 is 1.93 bits per heavy atom. The Bertz CT molecular complexity index is 1030. The molecule has 1 aliphatic carbocycles. The molecule has 1 amide bonds. The average molecular weight is 388 g/mol. The summed E-state index contributed by atoms with van der Waals surface area (Å²) in [5.74, 6) is 1.08. The summed E-state index contributed by atoms with van der Waals surface area (Å²) in [5.41, 5.74) is 3.42. The molecule has 1 unspecified atom stereocenters. The van der Waals surface area contributed by atoms with Crippen molar-refractivity contribution in [2.45, 2.75) is 32.7 Å². The molecule has 4 rings (SSSR count). The second-order valence-corrected chi connectivity index (χ2v) is 8.10. The number of carbonyl (C=O) groups excluding carboxylic acids is 1. The van der Waals surface area contributed by atoms with Gasteiger partial charge >= 0.3 is 0 Å². The van der Waals surface area contributed by atoms with Crippen molar-refractivity contribution in [2.24, 2.45) is 5.41 Å². The van der Waals surface area contributed by atoms with E-state index in [1.54, 1.807) is 31.6 Å². The highest BCUT2D eigenvalue weighted by Gasteiger charge is 2.35. The van der Waals surface area contributed by atoms with Crippen molar-refractivity contribution in [2.75, 3.05) is 7.11 Å². The number of hydrogen-bond acceptors (Lipinski definition) is 5. The molecule has 6 nitrogen and oxygen atoms in total. The highest BCUT2D eigenvalue weighted by molar-refractivity contribution is 5.97. The van der Waals surface area contributed by atoms with Crippen LogP contribution in [0, 0.1) is 5.41 Å². The molecule has 2 aromatic heterocycles. The van der Waals surface area contributed by atoms with Crippen LogP contribution >= 0.6 is 0 Å². The molecule has 1 N–H and O–H groups in total. The molecule has 1 aromatic carbocycles. The predicted molar refractivity (Wildman–Crippen MR) is 111 cm³/mol. The van der Waals surface area contributed by atoms with Gasteiger partial charge in [0, 0.05) is 29.7 Å². The molecular formula is C23H24N4O2. The van der Waals surface area contributed by atoms with E-state index in [1.165, 1.54) is 0 Å². The van der Waals surface area contributed by atoms with Gasteiger partial charge in [0.15, 0.2) is 5.82 Å². The van der Waals surface area contributed by atoms with Gasteiger partial charge in [-0.15, -0.1) is 0 Å². The van der Waals surface area contributed by atoms with Gasteiger partial charge in [0.1, 0.15) is 5.75 Å². The summed E-state index contributed by atoms with van der Waals surface area (Å²) in [6.45, 7) is 4.40. The van der Waals surface area contributed by atoms with E-state index >= 15 is 0 Å². The molecule has 29 heavy (non-hydrogen) atoms. The normalized spacial score (nSPS) is 17.3. The fraction of sp³-hybridized carbons (Fsp3) is 0.304. The van der Waals surface area contributed by atoms with E-state index in [-0.39, 0.29) is 17.4 Å². The maximum atomic E-state index is 13.0. The molecule has 0 fully saturated rings.